The van der Waals surface area contributed by atoms with Crippen LogP contribution in [0.2, 0.25) is 0 Å². The lowest BCUT2D eigenvalue weighted by atomic mass is 9.62. The molecule has 79 heavy (non-hydrogen) atoms. The largest absolute Gasteiger partial charge is 0.483 e. The minimum atomic E-state index is -4.00. The van der Waals surface area contributed by atoms with Gasteiger partial charge in [-0.15, -0.1) is 22.0 Å². The van der Waals surface area contributed by atoms with E-state index in [9.17, 15) is 27.6 Å². The number of piperidine rings is 1. The maximum Gasteiger partial charge on any atom is 0.386 e. The van der Waals surface area contributed by atoms with Gasteiger partial charge in [-0.3, -0.25) is 29.0 Å². The summed E-state index contributed by atoms with van der Waals surface area (Å²) in [6.07, 6.45) is 9.37. The average molecular weight is 1130 g/mol. The molecule has 1 aliphatic carbocycles. The number of hydrogen-bond acceptors (Lipinski definition) is 14. The average Bonchev–Trinajstić information content (AvgIpc) is 4.27. The number of hydrogen-bond donors (Lipinski definition) is 4. The molecule has 0 radical (unpaired) electrons. The Morgan fingerprint density at radius 3 is 2.33 bits per heavy atom. The number of thioether (sulfide) groups is 1. The number of nitrogens with zero attached hydrogens (tertiary/aromatic N) is 8. The SMILES string of the molecule is C=C1c2cc(CN3CCC[C@H](C)C3)cc(SC)c2CN1c1cc(C2(Cc3nncn3C)CCC2)cc(N(CC)Cc2ccc(NSc3ccccc3[NH2+]OC)cc2)n1.CC(=O)NCCN1C(=O)C=CC1=O.CC(F)(F)F.O=CO. The van der Waals surface area contributed by atoms with Crippen molar-refractivity contribution in [2.24, 2.45) is 13.0 Å². The maximum atomic E-state index is 11.0. The molecule has 1 saturated carbocycles. The first-order valence-corrected chi connectivity index (χ1v) is 28.2. The third-order valence-corrected chi connectivity index (χ3v) is 15.7. The van der Waals surface area contributed by atoms with Crippen LogP contribution in [0.4, 0.5) is 36.2 Å². The maximum absolute atomic E-state index is 11.0. The lowest BCUT2D eigenvalue weighted by Gasteiger charge is -2.43. The summed E-state index contributed by atoms with van der Waals surface area (Å²) in [6.45, 7) is 16.9. The fourth-order valence-corrected chi connectivity index (χ4v) is 11.3. The van der Waals surface area contributed by atoms with Gasteiger partial charge in [0, 0.05) is 112 Å². The number of benzene rings is 3. The molecule has 3 aliphatic heterocycles. The number of fused-ring (bicyclic) bond motifs is 1. The number of nitrogens with one attached hydrogen (secondary N) is 2. The Kier molecular flexibility index (Phi) is 22.5. The number of amides is 3. The Hall–Kier alpha value is -6.72. The summed E-state index contributed by atoms with van der Waals surface area (Å²) in [7, 11) is 3.73. The van der Waals surface area contributed by atoms with Crippen molar-refractivity contribution < 1.29 is 47.8 Å². The van der Waals surface area contributed by atoms with Gasteiger partial charge in [-0.1, -0.05) is 44.2 Å². The number of nitrogens with two attached hydrogens (primary N) is 1. The molecule has 9 rings (SSSR count). The Bertz CT molecular complexity index is 2890. The van der Waals surface area contributed by atoms with Crippen molar-refractivity contribution in [2.45, 2.75) is 107 Å². The van der Waals surface area contributed by atoms with Gasteiger partial charge in [-0.05, 0) is 128 Å². The second-order valence-corrected chi connectivity index (χ2v) is 21.6. The molecule has 5 heterocycles. The predicted molar refractivity (Wildman–Crippen MR) is 304 cm³/mol. The van der Waals surface area contributed by atoms with Crippen LogP contribution in [0, 0.1) is 5.92 Å². The van der Waals surface area contributed by atoms with E-state index in [0.29, 0.717) is 6.54 Å². The molecule has 0 spiro atoms. The molecule has 3 aromatic carbocycles. The number of pyridine rings is 1. The van der Waals surface area contributed by atoms with Crippen LogP contribution in [0.15, 0.2) is 108 Å². The number of carbonyl (C=O) groups is 4. The summed E-state index contributed by atoms with van der Waals surface area (Å²) in [5, 5.41) is 18.2. The van der Waals surface area contributed by atoms with E-state index in [4.69, 9.17) is 26.3 Å². The second-order valence-electron chi connectivity index (χ2n) is 19.9. The third-order valence-electron chi connectivity index (χ3n) is 14.0. The van der Waals surface area contributed by atoms with Gasteiger partial charge in [-0.2, -0.15) is 18.7 Å². The zero-order chi connectivity index (χ0) is 57.3. The third kappa shape index (κ3) is 17.4. The Balaban J connectivity index is 0.000000405. The van der Waals surface area contributed by atoms with E-state index in [1.807, 2.05) is 30.2 Å². The molecule has 5 N–H and O–H groups in total. The lowest BCUT2D eigenvalue weighted by molar-refractivity contribution is -0.831. The summed E-state index contributed by atoms with van der Waals surface area (Å²) in [5.74, 6) is 2.93. The molecule has 2 fully saturated rings. The van der Waals surface area contributed by atoms with Crippen molar-refractivity contribution in [1.29, 1.82) is 0 Å². The van der Waals surface area contributed by atoms with E-state index in [-0.39, 0.29) is 43.1 Å². The first-order valence-electron chi connectivity index (χ1n) is 26.2. The number of imide groups is 1. The van der Waals surface area contributed by atoms with Gasteiger partial charge in [0.15, 0.2) is 5.69 Å². The van der Waals surface area contributed by atoms with Crippen molar-refractivity contribution in [3.8, 4) is 0 Å². The highest BCUT2D eigenvalue weighted by atomic mass is 32.2. The van der Waals surface area contributed by atoms with Crippen molar-refractivity contribution in [3.63, 3.8) is 0 Å². The quantitative estimate of drug-likeness (QED) is 0.0153. The van der Waals surface area contributed by atoms with Gasteiger partial charge < -0.3 is 29.5 Å². The Morgan fingerprint density at radius 2 is 1.73 bits per heavy atom. The number of carboxylic acid groups (broad SMARTS) is 1. The number of aromatic nitrogens is 4. The van der Waals surface area contributed by atoms with Crippen LogP contribution in [0.1, 0.15) is 93.4 Å². The van der Waals surface area contributed by atoms with Crippen LogP contribution in [0.5, 0.6) is 0 Å². The van der Waals surface area contributed by atoms with Crippen molar-refractivity contribution in [3.05, 3.63) is 131 Å². The molecule has 0 bridgehead atoms. The van der Waals surface area contributed by atoms with Gasteiger partial charge in [-0.25, -0.2) is 9.82 Å². The van der Waals surface area contributed by atoms with E-state index in [2.05, 4.69) is 127 Å². The first-order chi connectivity index (χ1) is 37.8. The summed E-state index contributed by atoms with van der Waals surface area (Å²) in [6, 6.07) is 26.5. The van der Waals surface area contributed by atoms with Crippen LogP contribution < -0.4 is 25.3 Å². The number of likely N-dealkylation sites (tertiary alicyclic amines) is 1. The fourth-order valence-electron chi connectivity index (χ4n) is 9.91. The van der Waals surface area contributed by atoms with E-state index in [1.54, 1.807) is 24.5 Å². The highest BCUT2D eigenvalue weighted by molar-refractivity contribution is 8.00. The fraction of sp³-hybridized carbons (Fsp3) is 0.421. The Morgan fingerprint density at radius 1 is 1.04 bits per heavy atom. The zero-order valence-corrected chi connectivity index (χ0v) is 47.6. The summed E-state index contributed by atoms with van der Waals surface area (Å²) in [5.41, 5.74) is 11.5. The van der Waals surface area contributed by atoms with E-state index in [1.165, 1.54) is 84.1 Å². The minimum absolute atomic E-state index is 0.0195. The molecule has 1 saturated heterocycles. The van der Waals surface area contributed by atoms with Crippen LogP contribution >= 0.6 is 23.7 Å². The molecule has 22 heteroatoms. The number of carbonyl (C=O) groups excluding carboxylic acids is 3. The number of rotatable bonds is 19. The molecule has 1 atom stereocenters. The van der Waals surface area contributed by atoms with E-state index >= 15 is 0 Å². The van der Waals surface area contributed by atoms with Gasteiger partial charge in [0.05, 0.1) is 18.6 Å². The van der Waals surface area contributed by atoms with Crippen LogP contribution in [0.3, 0.4) is 0 Å². The second kappa shape index (κ2) is 28.9. The van der Waals surface area contributed by atoms with Crippen LogP contribution in [-0.4, -0.2) is 111 Å². The first kappa shape index (κ1) is 61.5. The van der Waals surface area contributed by atoms with E-state index < -0.39 is 6.18 Å². The van der Waals surface area contributed by atoms with E-state index in [0.717, 1.165) is 95.7 Å². The van der Waals surface area contributed by atoms with Crippen molar-refractivity contribution in [2.75, 3.05) is 60.6 Å². The number of halogens is 3. The molecule has 2 aromatic heterocycles. The van der Waals surface area contributed by atoms with Gasteiger partial charge >= 0.3 is 6.18 Å². The predicted octanol–water partition coefficient (Wildman–Crippen LogP) is 9.04. The molecule has 424 valence electrons. The molecular formula is C57H73F3N11O6S2+. The normalized spacial score (nSPS) is 16.4. The minimum Gasteiger partial charge on any atom is -0.483 e. The molecule has 4 aliphatic rings. The van der Waals surface area contributed by atoms with Crippen molar-refractivity contribution in [1.82, 2.24) is 34.9 Å². The van der Waals surface area contributed by atoms with Crippen LogP contribution in [0.25, 0.3) is 5.70 Å². The Labute approximate surface area is 469 Å². The molecule has 0 unspecified atom stereocenters. The smallest absolute Gasteiger partial charge is 0.386 e. The summed E-state index contributed by atoms with van der Waals surface area (Å²) < 4.78 is 36.6. The van der Waals surface area contributed by atoms with Gasteiger partial charge in [0.1, 0.15) is 23.8 Å². The standard InChI is InChI=1S/C46H57N9OS2.C8H10N2O3.C2H3F3.CH2O2/c1-7-54(29-34-15-17-37(18-16-34)51-58-41-14-9-8-13-40(41)50-56-5)43-24-36(46(19-11-20-46)26-45-49-47-31-52(45)4)25-44(48-43)55-30-39-38(33(55)3)22-35(23-42(39)57-6)28-53-21-10-12-32(2)27-53;1-6(11)9-4-5-10-7(12)2-3-8(10)13;1-2(3,4)5;2-1-3/h8-9,13-18,22-25,31-32,50-51H,3,7,10-12,19-21,26-30H2,1-2,4-6H3;2-3H,4-5H2,1H3,(H,9,11);1H3;1H,(H,2,3)/p+1/t32-;;;/m0.../s1. The van der Waals surface area contributed by atoms with Crippen LogP contribution in [-0.2, 0) is 62.5 Å². The monoisotopic (exact) mass is 1130 g/mol. The number of aryl methyl sites for hydroxylation is 1. The zero-order valence-electron chi connectivity index (χ0n) is 46.0. The topological polar surface area (TPSA) is 195 Å². The number of quaternary nitrogens is 1. The lowest BCUT2D eigenvalue weighted by Crippen LogP contribution is -2.76. The van der Waals surface area contributed by atoms with Crippen molar-refractivity contribution >= 4 is 76.6 Å². The molecule has 3 amide bonds. The van der Waals surface area contributed by atoms with Gasteiger partial charge in [0.2, 0.25) is 5.91 Å². The molecular weight excluding hydrogens is 1060 g/mol. The number of anilines is 3. The van der Waals surface area contributed by atoms with Gasteiger partial charge in [0.25, 0.3) is 18.3 Å². The number of alkyl halides is 3. The summed E-state index contributed by atoms with van der Waals surface area (Å²) >= 11 is 3.44. The highest BCUT2D eigenvalue weighted by Gasteiger charge is 2.41. The highest BCUT2D eigenvalue weighted by Crippen LogP contribution is 2.49. The molecule has 17 nitrogen and oxygen atoms in total. The molecule has 5 aromatic rings. The summed E-state index contributed by atoms with van der Waals surface area (Å²) in [4.78, 5) is 62.5.